The molecule has 236 valence electrons. The van der Waals surface area contributed by atoms with Gasteiger partial charge in [-0.2, -0.15) is 5.10 Å². The van der Waals surface area contributed by atoms with E-state index in [0.717, 1.165) is 24.0 Å². The average Bonchev–Trinajstić information content (AvgIpc) is 2.99. The van der Waals surface area contributed by atoms with E-state index in [1.165, 1.54) is 12.7 Å². The van der Waals surface area contributed by atoms with E-state index in [2.05, 4.69) is 72.4 Å². The first-order valence-electron chi connectivity index (χ1n) is 13.8. The summed E-state index contributed by atoms with van der Waals surface area (Å²) < 4.78 is 24.2. The van der Waals surface area contributed by atoms with E-state index in [1.807, 2.05) is 37.3 Å². The summed E-state index contributed by atoms with van der Waals surface area (Å²) in [5.74, 6) is 0.373. The topological polar surface area (TPSA) is 137 Å². The standard InChI is InChI=1S/C32H32I2N4O7/c1-5-43-31(40)28-19(3)36-32(41)37-29(28)22-9-10-25(26(14-22)42-4)44-17-27(39)38-35-15-21-12-23(33)30(24(34)13-21)45-16-20-8-6-7-18(2)11-20/h6-15,29H,5,16-17H2,1-4H3,(H,38,39)(H2,36,37,41)/b35-15-/t29-/m1/s1. The molecule has 11 nitrogen and oxygen atoms in total. The molecule has 0 saturated carbocycles. The summed E-state index contributed by atoms with van der Waals surface area (Å²) in [5, 5.41) is 9.40. The number of carbonyl (C=O) groups is 3. The van der Waals surface area contributed by atoms with E-state index in [-0.39, 0.29) is 18.8 Å². The highest BCUT2D eigenvalue weighted by Crippen LogP contribution is 2.35. The number of hydrogen-bond acceptors (Lipinski definition) is 8. The Bertz CT molecular complexity index is 1640. The van der Waals surface area contributed by atoms with Gasteiger partial charge in [0.1, 0.15) is 12.4 Å². The quantitative estimate of drug-likeness (QED) is 0.0948. The van der Waals surface area contributed by atoms with Crippen LogP contribution in [0.25, 0.3) is 0 Å². The zero-order chi connectivity index (χ0) is 32.5. The van der Waals surface area contributed by atoms with Crippen molar-refractivity contribution in [3.8, 4) is 17.2 Å². The third-order valence-electron chi connectivity index (χ3n) is 6.53. The molecule has 0 aromatic heterocycles. The summed E-state index contributed by atoms with van der Waals surface area (Å²) in [6.45, 7) is 5.71. The first-order valence-corrected chi connectivity index (χ1v) is 16.0. The number of nitrogens with zero attached hydrogens (tertiary/aromatic N) is 1. The normalized spacial score (nSPS) is 14.4. The Kier molecular flexibility index (Phi) is 12.0. The van der Waals surface area contributed by atoms with Gasteiger partial charge in [-0.15, -0.1) is 0 Å². The number of hydrogen-bond donors (Lipinski definition) is 3. The zero-order valence-corrected chi connectivity index (χ0v) is 29.3. The SMILES string of the molecule is CCOC(=O)C1=C(C)NC(=O)N[C@@H]1c1ccc(OCC(=O)N/N=C\c2cc(I)c(OCc3cccc(C)c3)c(I)c2)c(OC)c1. The Hall–Kier alpha value is -3.86. The number of ether oxygens (including phenoxy) is 4. The van der Waals surface area contributed by atoms with E-state index < -0.39 is 23.9 Å². The number of esters is 1. The lowest BCUT2D eigenvalue weighted by atomic mass is 9.95. The first-order chi connectivity index (χ1) is 21.6. The zero-order valence-electron chi connectivity index (χ0n) is 25.0. The Balaban J connectivity index is 1.36. The minimum atomic E-state index is -0.765. The fraction of sp³-hybridized carbons (Fsp3) is 0.250. The second kappa shape index (κ2) is 15.9. The van der Waals surface area contributed by atoms with Crippen molar-refractivity contribution in [2.75, 3.05) is 20.3 Å². The van der Waals surface area contributed by atoms with Gasteiger partial charge in [-0.3, -0.25) is 4.79 Å². The molecule has 1 atom stereocenters. The summed E-state index contributed by atoms with van der Waals surface area (Å²) >= 11 is 4.44. The van der Waals surface area contributed by atoms with Crippen molar-refractivity contribution in [3.63, 3.8) is 0 Å². The highest BCUT2D eigenvalue weighted by atomic mass is 127. The van der Waals surface area contributed by atoms with Gasteiger partial charge in [0, 0.05) is 5.70 Å². The highest BCUT2D eigenvalue weighted by molar-refractivity contribution is 14.1. The number of methoxy groups -OCH3 is 1. The van der Waals surface area contributed by atoms with Crippen LogP contribution in [-0.2, 0) is 20.9 Å². The van der Waals surface area contributed by atoms with Crippen molar-refractivity contribution in [1.29, 1.82) is 0 Å². The molecule has 0 fully saturated rings. The predicted octanol–water partition coefficient (Wildman–Crippen LogP) is 5.51. The van der Waals surface area contributed by atoms with Gasteiger partial charge in [-0.1, -0.05) is 35.9 Å². The number of hydrazone groups is 1. The van der Waals surface area contributed by atoms with Crippen LogP contribution in [0.1, 0.15) is 42.1 Å². The smallest absolute Gasteiger partial charge is 0.338 e. The molecule has 0 unspecified atom stereocenters. The maximum Gasteiger partial charge on any atom is 0.338 e. The first kappa shape index (κ1) is 34.0. The molecule has 3 N–H and O–H groups in total. The number of carbonyl (C=O) groups excluding carboxylic acids is 3. The minimum Gasteiger partial charge on any atom is -0.493 e. The fourth-order valence-electron chi connectivity index (χ4n) is 4.51. The van der Waals surface area contributed by atoms with Crippen LogP contribution in [0, 0.1) is 14.1 Å². The van der Waals surface area contributed by atoms with E-state index in [4.69, 9.17) is 18.9 Å². The number of aryl methyl sites for hydroxylation is 1. The number of halogens is 2. The molecule has 0 bridgehead atoms. The highest BCUT2D eigenvalue weighted by Gasteiger charge is 2.32. The summed E-state index contributed by atoms with van der Waals surface area (Å²) in [5.41, 5.74) is 6.77. The van der Waals surface area contributed by atoms with Crippen LogP contribution in [0.2, 0.25) is 0 Å². The largest absolute Gasteiger partial charge is 0.493 e. The number of amides is 3. The Morgan fingerprint density at radius 3 is 2.47 bits per heavy atom. The molecule has 1 heterocycles. The van der Waals surface area contributed by atoms with Gasteiger partial charge in [0.05, 0.1) is 38.7 Å². The molecule has 1 aliphatic rings. The molecule has 0 aliphatic carbocycles. The van der Waals surface area contributed by atoms with Gasteiger partial charge < -0.3 is 29.6 Å². The molecule has 1 aliphatic heterocycles. The van der Waals surface area contributed by atoms with Crippen molar-refractivity contribution in [2.45, 2.75) is 33.4 Å². The van der Waals surface area contributed by atoms with Gasteiger partial charge in [0.2, 0.25) is 0 Å². The van der Waals surface area contributed by atoms with Crippen LogP contribution in [-0.4, -0.2) is 44.4 Å². The van der Waals surface area contributed by atoms with E-state index in [9.17, 15) is 14.4 Å². The number of nitrogens with one attached hydrogen (secondary N) is 3. The Labute approximate surface area is 288 Å². The van der Waals surface area contributed by atoms with Crippen LogP contribution in [0.4, 0.5) is 4.79 Å². The van der Waals surface area contributed by atoms with Gasteiger partial charge >= 0.3 is 12.0 Å². The predicted molar refractivity (Wildman–Crippen MR) is 185 cm³/mol. The van der Waals surface area contributed by atoms with Crippen LogP contribution in [0.5, 0.6) is 17.2 Å². The molecule has 0 radical (unpaired) electrons. The molecule has 0 spiro atoms. The van der Waals surface area contributed by atoms with Gasteiger partial charge in [0.15, 0.2) is 18.1 Å². The third kappa shape index (κ3) is 9.09. The molecule has 3 aromatic carbocycles. The number of allylic oxidation sites excluding steroid dienone is 1. The monoisotopic (exact) mass is 838 g/mol. The Morgan fingerprint density at radius 1 is 1.02 bits per heavy atom. The second-order valence-electron chi connectivity index (χ2n) is 9.87. The molecule has 4 rings (SSSR count). The molecule has 3 aromatic rings. The molecule has 13 heteroatoms. The van der Waals surface area contributed by atoms with Crippen molar-refractivity contribution < 1.29 is 33.3 Å². The maximum absolute atomic E-state index is 12.6. The van der Waals surface area contributed by atoms with Crippen molar-refractivity contribution in [2.24, 2.45) is 5.10 Å². The number of urea groups is 1. The minimum absolute atomic E-state index is 0.188. The number of rotatable bonds is 12. The summed E-state index contributed by atoms with van der Waals surface area (Å²) in [6.07, 6.45) is 1.55. The molecule has 3 amide bonds. The van der Waals surface area contributed by atoms with Crippen molar-refractivity contribution in [3.05, 3.63) is 95.3 Å². The van der Waals surface area contributed by atoms with Crippen molar-refractivity contribution >= 4 is 69.3 Å². The molecule has 0 saturated heterocycles. The summed E-state index contributed by atoms with van der Waals surface area (Å²) in [4.78, 5) is 37.3. The number of benzene rings is 3. The lowest BCUT2D eigenvalue weighted by Gasteiger charge is -2.28. The van der Waals surface area contributed by atoms with E-state index in [0.29, 0.717) is 29.4 Å². The Morgan fingerprint density at radius 2 is 1.78 bits per heavy atom. The van der Waals surface area contributed by atoms with Crippen LogP contribution < -0.4 is 30.3 Å². The van der Waals surface area contributed by atoms with Crippen LogP contribution in [0.15, 0.2) is 71.0 Å². The van der Waals surface area contributed by atoms with Crippen molar-refractivity contribution in [1.82, 2.24) is 16.1 Å². The van der Waals surface area contributed by atoms with Gasteiger partial charge in [0.25, 0.3) is 5.91 Å². The molecular weight excluding hydrogens is 806 g/mol. The summed E-state index contributed by atoms with van der Waals surface area (Å²) in [6, 6.07) is 15.7. The lowest BCUT2D eigenvalue weighted by molar-refractivity contribution is -0.139. The van der Waals surface area contributed by atoms with Gasteiger partial charge in [-0.25, -0.2) is 15.0 Å². The lowest BCUT2D eigenvalue weighted by Crippen LogP contribution is -2.45. The summed E-state index contributed by atoms with van der Waals surface area (Å²) in [7, 11) is 1.45. The fourth-order valence-corrected chi connectivity index (χ4v) is 6.64. The van der Waals surface area contributed by atoms with Crippen LogP contribution >= 0.6 is 45.2 Å². The maximum atomic E-state index is 12.6. The van der Waals surface area contributed by atoms with E-state index in [1.54, 1.807) is 38.3 Å². The van der Waals surface area contributed by atoms with Crippen LogP contribution in [0.3, 0.4) is 0 Å². The second-order valence-corrected chi connectivity index (χ2v) is 12.2. The van der Waals surface area contributed by atoms with E-state index >= 15 is 0 Å². The van der Waals surface area contributed by atoms with Gasteiger partial charge in [-0.05, 0) is 107 Å². The third-order valence-corrected chi connectivity index (χ3v) is 8.14. The average molecular weight is 838 g/mol. The molecule has 45 heavy (non-hydrogen) atoms. The molecular formula is C32H32I2N4O7.